The minimum Gasteiger partial charge on any atom is -0.507 e. The van der Waals surface area contributed by atoms with E-state index in [9.17, 15) is 28.6 Å². The zero-order chi connectivity index (χ0) is 27.8. The van der Waals surface area contributed by atoms with E-state index in [0.717, 1.165) is 17.7 Å². The van der Waals surface area contributed by atoms with E-state index in [4.69, 9.17) is 10.5 Å². The molecule has 2 atom stereocenters. The van der Waals surface area contributed by atoms with Crippen molar-refractivity contribution in [1.29, 1.82) is 0 Å². The molecule has 0 bridgehead atoms. The van der Waals surface area contributed by atoms with Crippen LogP contribution in [0.15, 0.2) is 54.6 Å². The number of hydrogen-bond donors (Lipinski definition) is 5. The number of amides is 2. The molecule has 3 rings (SSSR count). The molecule has 0 saturated heterocycles. The monoisotopic (exact) mass is 527 g/mol. The number of aliphatic hydroxyl groups excluding tert-OH is 1. The third kappa shape index (κ3) is 7.05. The number of benzene rings is 3. The van der Waals surface area contributed by atoms with E-state index in [1.165, 1.54) is 12.1 Å². The normalized spacial score (nSPS) is 12.6. The Morgan fingerprint density at radius 3 is 2.39 bits per heavy atom. The molecule has 202 valence electrons. The van der Waals surface area contributed by atoms with Gasteiger partial charge < -0.3 is 31.3 Å². The predicted octanol–water partition coefficient (Wildman–Crippen LogP) is 3.00. The Labute approximate surface area is 219 Å². The van der Waals surface area contributed by atoms with Crippen LogP contribution in [0.4, 0.5) is 8.78 Å². The lowest BCUT2D eigenvalue weighted by Gasteiger charge is -2.28. The highest BCUT2D eigenvalue weighted by molar-refractivity contribution is 6.03. The topological polar surface area (TPSA) is 134 Å². The minimum absolute atomic E-state index is 0.0104. The maximum atomic E-state index is 14.0. The number of hydrogen-bond acceptors (Lipinski definition) is 6. The first-order valence-corrected chi connectivity index (χ1v) is 12.0. The first-order chi connectivity index (χ1) is 18.1. The SMILES string of the molecule is CCNC(=O)c1c(O)ccc(C(N)=O)c1[C@H](Cc1cc(F)cc(F)c1)[C@@H](O)CNCc1cccc(OC)c1. The van der Waals surface area contributed by atoms with Gasteiger partial charge in [-0.25, -0.2) is 8.78 Å². The van der Waals surface area contributed by atoms with Crippen molar-refractivity contribution in [3.8, 4) is 11.5 Å². The molecule has 2 amide bonds. The second-order valence-corrected chi connectivity index (χ2v) is 8.78. The fraction of sp³-hybridized carbons (Fsp3) is 0.286. The van der Waals surface area contributed by atoms with E-state index in [0.29, 0.717) is 18.4 Å². The molecular weight excluding hydrogens is 496 g/mol. The lowest BCUT2D eigenvalue weighted by Crippen LogP contribution is -2.36. The number of ether oxygens (including phenoxy) is 1. The van der Waals surface area contributed by atoms with E-state index in [-0.39, 0.29) is 41.8 Å². The van der Waals surface area contributed by atoms with Crippen molar-refractivity contribution < 1.29 is 33.3 Å². The molecule has 3 aromatic carbocycles. The molecule has 10 heteroatoms. The summed E-state index contributed by atoms with van der Waals surface area (Å²) in [5.41, 5.74) is 6.31. The van der Waals surface area contributed by atoms with Crippen LogP contribution in [0.5, 0.6) is 11.5 Å². The van der Waals surface area contributed by atoms with Gasteiger partial charge in [-0.3, -0.25) is 9.59 Å². The fourth-order valence-corrected chi connectivity index (χ4v) is 4.40. The Hall–Kier alpha value is -4.02. The molecule has 0 unspecified atom stereocenters. The van der Waals surface area contributed by atoms with Crippen molar-refractivity contribution >= 4 is 11.8 Å². The Bertz CT molecular complexity index is 1280. The molecule has 0 heterocycles. The summed E-state index contributed by atoms with van der Waals surface area (Å²) in [5, 5.41) is 27.6. The second-order valence-electron chi connectivity index (χ2n) is 8.78. The Morgan fingerprint density at radius 1 is 1.05 bits per heavy atom. The van der Waals surface area contributed by atoms with Crippen LogP contribution in [0, 0.1) is 11.6 Å². The zero-order valence-corrected chi connectivity index (χ0v) is 21.1. The molecular formula is C28H31F2N3O5. The summed E-state index contributed by atoms with van der Waals surface area (Å²) >= 11 is 0. The van der Waals surface area contributed by atoms with Gasteiger partial charge in [0.15, 0.2) is 0 Å². The van der Waals surface area contributed by atoms with E-state index in [1.807, 2.05) is 18.2 Å². The molecule has 0 aromatic heterocycles. The van der Waals surface area contributed by atoms with Gasteiger partial charge in [0.1, 0.15) is 23.1 Å². The molecule has 0 radical (unpaired) electrons. The van der Waals surface area contributed by atoms with Gasteiger partial charge in [0, 0.05) is 37.2 Å². The van der Waals surface area contributed by atoms with Crippen molar-refractivity contribution in [2.45, 2.75) is 31.9 Å². The van der Waals surface area contributed by atoms with Crippen LogP contribution >= 0.6 is 0 Å². The number of methoxy groups -OCH3 is 1. The molecule has 6 N–H and O–H groups in total. The summed E-state index contributed by atoms with van der Waals surface area (Å²) in [7, 11) is 1.55. The van der Waals surface area contributed by atoms with Crippen molar-refractivity contribution in [3.63, 3.8) is 0 Å². The smallest absolute Gasteiger partial charge is 0.255 e. The average molecular weight is 528 g/mol. The zero-order valence-electron chi connectivity index (χ0n) is 21.1. The van der Waals surface area contributed by atoms with E-state index < -0.39 is 41.2 Å². The third-order valence-electron chi connectivity index (χ3n) is 6.08. The number of rotatable bonds is 12. The summed E-state index contributed by atoms with van der Waals surface area (Å²) in [5.74, 6) is -4.04. The summed E-state index contributed by atoms with van der Waals surface area (Å²) in [4.78, 5) is 25.3. The fourth-order valence-electron chi connectivity index (χ4n) is 4.40. The summed E-state index contributed by atoms with van der Waals surface area (Å²) in [6, 6.07) is 12.6. The largest absolute Gasteiger partial charge is 0.507 e. The Kier molecular flexibility index (Phi) is 9.75. The highest BCUT2D eigenvalue weighted by atomic mass is 19.1. The van der Waals surface area contributed by atoms with Crippen LogP contribution in [0.2, 0.25) is 0 Å². The number of carbonyl (C=O) groups excluding carboxylic acids is 2. The van der Waals surface area contributed by atoms with E-state index in [2.05, 4.69) is 10.6 Å². The Balaban J connectivity index is 2.04. The van der Waals surface area contributed by atoms with Crippen molar-refractivity contribution in [2.24, 2.45) is 5.73 Å². The second kappa shape index (κ2) is 13.0. The number of aromatic hydroxyl groups is 1. The van der Waals surface area contributed by atoms with Crippen molar-refractivity contribution in [3.05, 3.63) is 94.0 Å². The van der Waals surface area contributed by atoms with Crippen LogP contribution < -0.4 is 21.1 Å². The lowest BCUT2D eigenvalue weighted by atomic mass is 9.81. The minimum atomic E-state index is -1.26. The predicted molar refractivity (Wildman–Crippen MR) is 138 cm³/mol. The standard InChI is InChI=1S/C28H31F2N3O5/c1-3-33-28(37)26-23(34)8-7-21(27(31)36)25(26)22(12-17-9-18(29)13-19(30)10-17)24(35)15-32-14-16-5-4-6-20(11-16)38-2/h4-11,13,22,24,32,34-35H,3,12,14-15H2,1-2H3,(H2,31,36)(H,33,37)/t22-,24+/m1/s1. The third-order valence-corrected chi connectivity index (χ3v) is 6.08. The van der Waals surface area contributed by atoms with Gasteiger partial charge in [0.05, 0.1) is 18.8 Å². The van der Waals surface area contributed by atoms with Crippen LogP contribution in [0.25, 0.3) is 0 Å². The molecule has 0 spiro atoms. The van der Waals surface area contributed by atoms with E-state index >= 15 is 0 Å². The molecule has 8 nitrogen and oxygen atoms in total. The van der Waals surface area contributed by atoms with Crippen LogP contribution in [0.1, 0.15) is 50.2 Å². The summed E-state index contributed by atoms with van der Waals surface area (Å²) < 4.78 is 33.2. The van der Waals surface area contributed by atoms with Gasteiger partial charge in [0.25, 0.3) is 5.91 Å². The van der Waals surface area contributed by atoms with Gasteiger partial charge in [-0.05, 0) is 66.4 Å². The number of nitrogens with one attached hydrogen (secondary N) is 2. The highest BCUT2D eigenvalue weighted by Crippen LogP contribution is 2.35. The number of carbonyl (C=O) groups is 2. The van der Waals surface area contributed by atoms with Gasteiger partial charge in [0.2, 0.25) is 5.91 Å². The van der Waals surface area contributed by atoms with Crippen LogP contribution in [0.3, 0.4) is 0 Å². The van der Waals surface area contributed by atoms with Crippen molar-refractivity contribution in [1.82, 2.24) is 10.6 Å². The number of primary amides is 1. The lowest BCUT2D eigenvalue weighted by molar-refractivity contribution is 0.0948. The number of phenols is 1. The first kappa shape index (κ1) is 28.5. The Morgan fingerprint density at radius 2 is 1.76 bits per heavy atom. The number of halogens is 2. The van der Waals surface area contributed by atoms with Gasteiger partial charge in [-0.2, -0.15) is 0 Å². The average Bonchev–Trinajstić information content (AvgIpc) is 2.86. The van der Waals surface area contributed by atoms with Gasteiger partial charge >= 0.3 is 0 Å². The molecule has 0 aliphatic heterocycles. The summed E-state index contributed by atoms with van der Waals surface area (Å²) in [6.45, 7) is 2.23. The van der Waals surface area contributed by atoms with Crippen LogP contribution in [-0.2, 0) is 13.0 Å². The molecule has 0 fully saturated rings. The maximum absolute atomic E-state index is 14.0. The molecule has 0 aliphatic carbocycles. The first-order valence-electron chi connectivity index (χ1n) is 12.0. The molecule has 3 aromatic rings. The number of nitrogens with two attached hydrogens (primary N) is 1. The number of aliphatic hydroxyl groups is 1. The molecule has 38 heavy (non-hydrogen) atoms. The quantitative estimate of drug-likeness (QED) is 0.246. The van der Waals surface area contributed by atoms with Crippen molar-refractivity contribution in [2.75, 3.05) is 20.2 Å². The maximum Gasteiger partial charge on any atom is 0.255 e. The van der Waals surface area contributed by atoms with E-state index in [1.54, 1.807) is 20.1 Å². The van der Waals surface area contributed by atoms with Gasteiger partial charge in [-0.15, -0.1) is 0 Å². The van der Waals surface area contributed by atoms with Crippen LogP contribution in [-0.4, -0.2) is 48.3 Å². The molecule has 0 saturated carbocycles. The summed E-state index contributed by atoms with van der Waals surface area (Å²) in [6.07, 6.45) is -1.42. The number of phenolic OH excluding ortho intramolecular Hbond substituents is 1. The van der Waals surface area contributed by atoms with Gasteiger partial charge in [-0.1, -0.05) is 12.1 Å². The molecule has 0 aliphatic rings. The highest BCUT2D eigenvalue weighted by Gasteiger charge is 2.32.